The van der Waals surface area contributed by atoms with Gasteiger partial charge in [0.15, 0.2) is 6.61 Å². The van der Waals surface area contributed by atoms with E-state index in [1.54, 1.807) is 38.4 Å². The summed E-state index contributed by atoms with van der Waals surface area (Å²) in [5.74, 6) is -1.63. The molecule has 0 aliphatic rings. The van der Waals surface area contributed by atoms with Gasteiger partial charge in [0, 0.05) is 10.7 Å². The van der Waals surface area contributed by atoms with Gasteiger partial charge in [0.05, 0.1) is 36.3 Å². The van der Waals surface area contributed by atoms with Crippen LogP contribution in [0.5, 0.6) is 0 Å². The highest BCUT2D eigenvalue weighted by Crippen LogP contribution is 2.22. The quantitative estimate of drug-likeness (QED) is 0.425. The van der Waals surface area contributed by atoms with Crippen LogP contribution in [0.4, 0.5) is 0 Å². The number of methoxy groups -OCH3 is 1. The number of nitrogens with one attached hydrogen (secondary N) is 1. The van der Waals surface area contributed by atoms with Crippen LogP contribution in [0, 0.1) is 27.7 Å². The molecule has 0 aliphatic carbocycles. The second kappa shape index (κ2) is 9.40. The maximum Gasteiger partial charge on any atom is 0.342 e. The van der Waals surface area contributed by atoms with Crippen LogP contribution >= 0.6 is 11.6 Å². The van der Waals surface area contributed by atoms with E-state index >= 15 is 0 Å². The lowest BCUT2D eigenvalue weighted by molar-refractivity contribution is 0.0471. The molecule has 3 aromatic rings. The molecule has 9 heteroatoms. The zero-order valence-corrected chi connectivity index (χ0v) is 19.3. The molecule has 168 valence electrons. The van der Waals surface area contributed by atoms with Gasteiger partial charge in [-0.3, -0.25) is 9.48 Å². The topological polar surface area (TPSA) is 103 Å². The molecule has 0 aliphatic heterocycles. The van der Waals surface area contributed by atoms with E-state index in [9.17, 15) is 14.4 Å². The number of esters is 2. The van der Waals surface area contributed by atoms with Crippen molar-refractivity contribution in [2.75, 3.05) is 13.7 Å². The maximum absolute atomic E-state index is 12.7. The average Bonchev–Trinajstić information content (AvgIpc) is 3.21. The van der Waals surface area contributed by atoms with E-state index in [0.717, 1.165) is 5.56 Å². The molecule has 2 heterocycles. The van der Waals surface area contributed by atoms with Gasteiger partial charge < -0.3 is 14.5 Å². The van der Waals surface area contributed by atoms with Crippen LogP contribution < -0.4 is 0 Å². The number of ether oxygens (including phenoxy) is 2. The van der Waals surface area contributed by atoms with E-state index in [4.69, 9.17) is 21.1 Å². The molecule has 0 fully saturated rings. The van der Waals surface area contributed by atoms with Gasteiger partial charge in [-0.25, -0.2) is 9.59 Å². The predicted molar refractivity (Wildman–Crippen MR) is 118 cm³/mol. The zero-order chi connectivity index (χ0) is 23.6. The molecular weight excluding hydrogens is 434 g/mol. The van der Waals surface area contributed by atoms with Crippen LogP contribution in [-0.2, 0) is 16.0 Å². The van der Waals surface area contributed by atoms with E-state index in [-0.39, 0.29) is 5.69 Å². The first-order valence-electron chi connectivity index (χ1n) is 9.90. The first-order chi connectivity index (χ1) is 15.1. The maximum atomic E-state index is 12.7. The first-order valence-corrected chi connectivity index (χ1v) is 10.3. The van der Waals surface area contributed by atoms with Crippen LogP contribution in [0.15, 0.2) is 24.3 Å². The number of Topliss-reactive ketones (excluding diaryl/α,β-unsaturated/α-hetero) is 1. The lowest BCUT2D eigenvalue weighted by Gasteiger charge is -2.08. The zero-order valence-electron chi connectivity index (χ0n) is 18.5. The van der Waals surface area contributed by atoms with Crippen molar-refractivity contribution in [1.82, 2.24) is 14.8 Å². The summed E-state index contributed by atoms with van der Waals surface area (Å²) in [7, 11) is 1.27. The molecule has 1 N–H and O–H groups in total. The molecule has 0 atom stereocenters. The van der Waals surface area contributed by atoms with Crippen molar-refractivity contribution in [3.8, 4) is 0 Å². The number of H-pyrrole nitrogens is 1. The third kappa shape index (κ3) is 4.45. The number of carbonyl (C=O) groups excluding carboxylic acids is 3. The highest BCUT2D eigenvalue weighted by atomic mass is 35.5. The summed E-state index contributed by atoms with van der Waals surface area (Å²) < 4.78 is 11.7. The normalized spacial score (nSPS) is 10.8. The average molecular weight is 458 g/mol. The van der Waals surface area contributed by atoms with Gasteiger partial charge in [0.1, 0.15) is 5.56 Å². The van der Waals surface area contributed by atoms with E-state index in [0.29, 0.717) is 45.3 Å². The van der Waals surface area contributed by atoms with E-state index in [1.165, 1.54) is 7.11 Å². The Labute approximate surface area is 190 Å². The van der Waals surface area contributed by atoms with Crippen molar-refractivity contribution < 1.29 is 23.9 Å². The molecular formula is C23H24ClN3O5. The summed E-state index contributed by atoms with van der Waals surface area (Å²) in [6, 6.07) is 7.40. The number of rotatable bonds is 7. The number of carbonyl (C=O) groups is 3. The summed E-state index contributed by atoms with van der Waals surface area (Å²) in [6.45, 7) is 6.69. The van der Waals surface area contributed by atoms with Gasteiger partial charge in [0.2, 0.25) is 5.78 Å². The van der Waals surface area contributed by atoms with Crippen LogP contribution in [0.25, 0.3) is 0 Å². The van der Waals surface area contributed by atoms with E-state index < -0.39 is 24.3 Å². The summed E-state index contributed by atoms with van der Waals surface area (Å²) in [4.78, 5) is 40.2. The fraction of sp³-hybridized carbons (Fsp3) is 0.304. The molecule has 0 saturated carbocycles. The largest absolute Gasteiger partial charge is 0.465 e. The first kappa shape index (κ1) is 23.3. The molecule has 8 nitrogen and oxygen atoms in total. The Kier molecular flexibility index (Phi) is 6.84. The lowest BCUT2D eigenvalue weighted by Crippen LogP contribution is -2.17. The molecule has 0 bridgehead atoms. The minimum Gasteiger partial charge on any atom is -0.465 e. The molecule has 0 saturated heterocycles. The fourth-order valence-electron chi connectivity index (χ4n) is 3.65. The number of aromatic nitrogens is 3. The van der Waals surface area contributed by atoms with Gasteiger partial charge in [0.25, 0.3) is 0 Å². The number of aromatic amines is 1. The number of aryl methyl sites for hydroxylation is 2. The van der Waals surface area contributed by atoms with Gasteiger partial charge in [-0.1, -0.05) is 29.8 Å². The Balaban J connectivity index is 1.75. The van der Waals surface area contributed by atoms with Crippen molar-refractivity contribution in [2.45, 2.75) is 34.2 Å². The van der Waals surface area contributed by atoms with Gasteiger partial charge in [-0.2, -0.15) is 5.10 Å². The Morgan fingerprint density at radius 2 is 1.75 bits per heavy atom. The SMILES string of the molecule is COC(=O)c1c(C)[nH]c(C(=O)COC(=O)c2c(C)nn(Cc3ccccc3Cl)c2C)c1C. The Bertz CT molecular complexity index is 1210. The predicted octanol–water partition coefficient (Wildman–Crippen LogP) is 3.97. The summed E-state index contributed by atoms with van der Waals surface area (Å²) in [5.41, 5.74) is 3.75. The molecule has 0 spiro atoms. The Morgan fingerprint density at radius 3 is 2.41 bits per heavy atom. The molecule has 1 aromatic carbocycles. The van der Waals surface area contributed by atoms with Crippen molar-refractivity contribution in [2.24, 2.45) is 0 Å². The molecule has 0 amide bonds. The number of halogens is 1. The number of benzene rings is 1. The smallest absolute Gasteiger partial charge is 0.342 e. The molecule has 32 heavy (non-hydrogen) atoms. The minimum absolute atomic E-state index is 0.207. The van der Waals surface area contributed by atoms with E-state index in [1.807, 2.05) is 18.2 Å². The minimum atomic E-state index is -0.645. The second-order valence-electron chi connectivity index (χ2n) is 7.41. The number of ketones is 1. The highest BCUT2D eigenvalue weighted by Gasteiger charge is 2.25. The fourth-order valence-corrected chi connectivity index (χ4v) is 3.84. The standard InChI is InChI=1S/C23H24ClN3O5/c1-12-19(22(29)31-5)13(2)25-21(12)18(28)11-32-23(30)20-14(3)26-27(15(20)4)10-16-8-6-7-9-17(16)24/h6-9,25H,10-11H2,1-5H3. The van der Waals surface area contributed by atoms with Crippen molar-refractivity contribution >= 4 is 29.3 Å². The third-order valence-corrected chi connectivity index (χ3v) is 5.67. The van der Waals surface area contributed by atoms with Gasteiger partial charge >= 0.3 is 11.9 Å². The lowest BCUT2D eigenvalue weighted by atomic mass is 10.1. The summed E-state index contributed by atoms with van der Waals surface area (Å²) >= 11 is 6.23. The summed E-state index contributed by atoms with van der Waals surface area (Å²) in [5, 5.41) is 5.03. The number of hydrogen-bond donors (Lipinski definition) is 1. The van der Waals surface area contributed by atoms with Gasteiger partial charge in [-0.05, 0) is 44.9 Å². The molecule has 0 unspecified atom stereocenters. The Morgan fingerprint density at radius 1 is 1.06 bits per heavy atom. The van der Waals surface area contributed by atoms with Crippen LogP contribution in [-0.4, -0.2) is 46.2 Å². The third-order valence-electron chi connectivity index (χ3n) is 5.30. The van der Waals surface area contributed by atoms with Crippen LogP contribution in [0.1, 0.15) is 59.4 Å². The second-order valence-corrected chi connectivity index (χ2v) is 7.82. The van der Waals surface area contributed by atoms with E-state index in [2.05, 4.69) is 10.1 Å². The summed E-state index contributed by atoms with van der Waals surface area (Å²) in [6.07, 6.45) is 0. The van der Waals surface area contributed by atoms with Crippen molar-refractivity contribution in [1.29, 1.82) is 0 Å². The molecule has 2 aromatic heterocycles. The highest BCUT2D eigenvalue weighted by molar-refractivity contribution is 6.31. The van der Waals surface area contributed by atoms with Crippen molar-refractivity contribution in [3.63, 3.8) is 0 Å². The van der Waals surface area contributed by atoms with Gasteiger partial charge in [-0.15, -0.1) is 0 Å². The van der Waals surface area contributed by atoms with Crippen molar-refractivity contribution in [3.05, 3.63) is 74.3 Å². The monoisotopic (exact) mass is 457 g/mol. The molecule has 0 radical (unpaired) electrons. The number of hydrogen-bond acceptors (Lipinski definition) is 6. The van der Waals surface area contributed by atoms with Crippen LogP contribution in [0.2, 0.25) is 5.02 Å². The Hall–Kier alpha value is -3.39. The van der Waals surface area contributed by atoms with Crippen LogP contribution in [0.3, 0.4) is 0 Å². The number of nitrogens with zero attached hydrogens (tertiary/aromatic N) is 2. The molecule has 3 rings (SSSR count).